The van der Waals surface area contributed by atoms with E-state index in [4.69, 9.17) is 0 Å². The molecule has 0 aliphatic heterocycles. The number of amides is 1. The van der Waals surface area contributed by atoms with Crippen LogP contribution in [-0.4, -0.2) is 16.8 Å². The molecule has 1 aromatic carbocycles. The lowest BCUT2D eigenvalue weighted by molar-refractivity contribution is -0.575. The Hall–Kier alpha value is -3.56. The smallest absolute Gasteiger partial charge is 0.327 e. The molecule has 1 amide bonds. The van der Waals surface area contributed by atoms with E-state index >= 15 is 0 Å². The fourth-order valence-corrected chi connectivity index (χ4v) is 2.25. The molecule has 3 rings (SSSR count). The van der Waals surface area contributed by atoms with E-state index in [0.29, 0.717) is 5.69 Å². The van der Waals surface area contributed by atoms with Gasteiger partial charge in [-0.1, -0.05) is 18.2 Å². The van der Waals surface area contributed by atoms with Crippen molar-refractivity contribution in [1.82, 2.24) is 4.98 Å². The first kappa shape index (κ1) is 15.3. The van der Waals surface area contributed by atoms with Crippen LogP contribution in [-0.2, 0) is 4.79 Å². The van der Waals surface area contributed by atoms with Crippen LogP contribution in [0.3, 0.4) is 0 Å². The van der Waals surface area contributed by atoms with Gasteiger partial charge in [-0.3, -0.25) is 9.78 Å². The number of pyridine rings is 2. The fourth-order valence-electron chi connectivity index (χ4n) is 2.25. The Balaban J connectivity index is 1.81. The van der Waals surface area contributed by atoms with Crippen LogP contribution in [0.4, 0.5) is 5.69 Å². The number of benzene rings is 1. The van der Waals surface area contributed by atoms with Crippen LogP contribution in [0.15, 0.2) is 79.4 Å². The number of hydrogen-bond donors (Lipinski definition) is 1. The minimum absolute atomic E-state index is 0.000122. The molecule has 0 saturated heterocycles. The maximum absolute atomic E-state index is 12.3. The van der Waals surface area contributed by atoms with Crippen LogP contribution in [0.25, 0.3) is 22.2 Å². The molecule has 3 aromatic rings. The molecule has 0 bridgehead atoms. The number of aromatic nitrogens is 2. The van der Waals surface area contributed by atoms with E-state index in [2.05, 4.69) is 10.3 Å². The average Bonchev–Trinajstić information content (AvgIpc) is 2.64. The topological polar surface area (TPSA) is 68.2 Å². The number of carbonyl (C=O) groups is 1. The first-order valence-corrected chi connectivity index (χ1v) is 7.33. The number of hydrogen-bond acceptors (Lipinski definition) is 2. The number of nitrogens with zero attached hydrogens (tertiary/aromatic N) is 3. The van der Waals surface area contributed by atoms with Crippen molar-refractivity contribution in [3.8, 4) is 11.1 Å². The molecule has 1 N–H and O–H groups in total. The van der Waals surface area contributed by atoms with Crippen LogP contribution in [0.2, 0.25) is 0 Å². The van der Waals surface area contributed by atoms with Crippen molar-refractivity contribution in [2.45, 2.75) is 0 Å². The van der Waals surface area contributed by atoms with Crippen LogP contribution in [0, 0.1) is 0 Å². The van der Waals surface area contributed by atoms with Gasteiger partial charge in [-0.15, -0.1) is 0 Å². The summed E-state index contributed by atoms with van der Waals surface area (Å²) in [5, 5.41) is 12.0. The minimum atomic E-state index is -0.453. The van der Waals surface area contributed by atoms with Crippen molar-refractivity contribution in [3.05, 3.63) is 84.8 Å². The molecule has 116 valence electrons. The molecule has 0 aliphatic rings. The van der Waals surface area contributed by atoms with Gasteiger partial charge >= 0.3 is 5.91 Å². The highest BCUT2D eigenvalue weighted by Crippen LogP contribution is 2.16. The Kier molecular flexibility index (Phi) is 4.56. The molecule has 24 heavy (non-hydrogen) atoms. The molecule has 0 spiro atoms. The molecule has 5 heteroatoms. The number of nitrogens with one attached hydrogen (secondary N) is 1. The molecular weight excluding hydrogens is 300 g/mol. The maximum Gasteiger partial charge on any atom is 0.327 e. The molecule has 5 nitrogen and oxygen atoms in total. The fraction of sp³-hybridized carbons (Fsp3) is 0. The SMILES string of the molecule is [N-]=C=C(C(=O)Nc1ccccc1)[n+]1ccc(-c2ccncc2)cc1. The summed E-state index contributed by atoms with van der Waals surface area (Å²) in [6.07, 6.45) is 6.82. The van der Waals surface area contributed by atoms with E-state index in [1.165, 1.54) is 4.57 Å². The first-order valence-electron chi connectivity index (χ1n) is 7.33. The van der Waals surface area contributed by atoms with Gasteiger partial charge in [0, 0.05) is 30.2 Å². The minimum Gasteiger partial charge on any atom is -0.757 e. The Morgan fingerprint density at radius 1 is 0.958 bits per heavy atom. The summed E-state index contributed by atoms with van der Waals surface area (Å²) in [7, 11) is 0. The average molecular weight is 314 g/mol. The lowest BCUT2D eigenvalue weighted by Crippen LogP contribution is -2.38. The van der Waals surface area contributed by atoms with Crippen molar-refractivity contribution in [2.24, 2.45) is 0 Å². The van der Waals surface area contributed by atoms with Gasteiger partial charge in [0.05, 0.1) is 0 Å². The predicted octanol–water partition coefficient (Wildman–Crippen LogP) is 2.75. The summed E-state index contributed by atoms with van der Waals surface area (Å²) < 4.78 is 1.50. The van der Waals surface area contributed by atoms with Gasteiger partial charge in [-0.25, -0.2) is 0 Å². The zero-order valence-corrected chi connectivity index (χ0v) is 12.8. The van der Waals surface area contributed by atoms with E-state index in [1.54, 1.807) is 36.9 Å². The monoisotopic (exact) mass is 314 g/mol. The van der Waals surface area contributed by atoms with Crippen LogP contribution >= 0.6 is 0 Å². The summed E-state index contributed by atoms with van der Waals surface area (Å²) in [5.74, 6) is 1.50. The highest BCUT2D eigenvalue weighted by Gasteiger charge is 2.18. The second-order valence-electron chi connectivity index (χ2n) is 5.01. The molecule has 0 aliphatic carbocycles. The van der Waals surface area contributed by atoms with Gasteiger partial charge in [-0.2, -0.15) is 10.4 Å². The van der Waals surface area contributed by atoms with Gasteiger partial charge in [0.15, 0.2) is 12.4 Å². The van der Waals surface area contributed by atoms with Gasteiger partial charge in [0.2, 0.25) is 0 Å². The Morgan fingerprint density at radius 3 is 2.21 bits per heavy atom. The molecule has 0 saturated carbocycles. The van der Waals surface area contributed by atoms with Crippen LogP contribution in [0.5, 0.6) is 0 Å². The zero-order chi connectivity index (χ0) is 16.8. The highest BCUT2D eigenvalue weighted by molar-refractivity contribution is 6.24. The van der Waals surface area contributed by atoms with Crippen molar-refractivity contribution in [1.29, 1.82) is 0 Å². The van der Waals surface area contributed by atoms with Gasteiger partial charge in [-0.05, 0) is 35.4 Å². The summed E-state index contributed by atoms with van der Waals surface area (Å²) in [5.41, 5.74) is 2.64. The highest BCUT2D eigenvalue weighted by atomic mass is 16.2. The Labute approximate surface area is 139 Å². The van der Waals surface area contributed by atoms with E-state index < -0.39 is 5.91 Å². The normalized spacial score (nSPS) is 9.83. The molecule has 2 heterocycles. The third-order valence-electron chi connectivity index (χ3n) is 3.45. The number of para-hydroxylation sites is 1. The molecule has 0 atom stereocenters. The molecule has 2 aromatic heterocycles. The third-order valence-corrected chi connectivity index (χ3v) is 3.45. The van der Waals surface area contributed by atoms with Crippen molar-refractivity contribution < 1.29 is 9.36 Å². The van der Waals surface area contributed by atoms with Crippen molar-refractivity contribution in [2.75, 3.05) is 5.32 Å². The standard InChI is InChI=1S/C19H14N4O/c20-14-18(19(24)22-17-4-2-1-3-5-17)23-12-8-16(9-13-23)15-6-10-21-11-7-15/h1-13H,(H,22,24). The Morgan fingerprint density at radius 2 is 1.58 bits per heavy atom. The van der Waals surface area contributed by atoms with E-state index in [1.807, 2.05) is 48.3 Å². The predicted molar refractivity (Wildman–Crippen MR) is 93.0 cm³/mol. The molecule has 0 radical (unpaired) electrons. The Bertz CT molecular complexity index is 884. The molecule has 0 unspecified atom stereocenters. The first-order chi connectivity index (χ1) is 11.8. The molecule has 0 fully saturated rings. The van der Waals surface area contributed by atoms with E-state index in [9.17, 15) is 10.2 Å². The van der Waals surface area contributed by atoms with Gasteiger partial charge in [0.25, 0.3) is 5.70 Å². The van der Waals surface area contributed by atoms with Gasteiger partial charge in [0.1, 0.15) is 0 Å². The quantitative estimate of drug-likeness (QED) is 0.457. The molecular formula is C19H14N4O. The second-order valence-corrected chi connectivity index (χ2v) is 5.01. The van der Waals surface area contributed by atoms with Crippen molar-refractivity contribution in [3.63, 3.8) is 0 Å². The van der Waals surface area contributed by atoms with Crippen LogP contribution < -0.4 is 9.88 Å². The number of carbonyl (C=O) groups excluding carboxylic acids is 1. The summed E-state index contributed by atoms with van der Waals surface area (Å²) >= 11 is 0. The third kappa shape index (κ3) is 3.43. The summed E-state index contributed by atoms with van der Waals surface area (Å²) in [4.78, 5) is 16.3. The lowest BCUT2D eigenvalue weighted by atomic mass is 10.1. The van der Waals surface area contributed by atoms with Gasteiger partial charge < -0.3 is 10.7 Å². The maximum atomic E-state index is 12.3. The van der Waals surface area contributed by atoms with Crippen LogP contribution in [0.1, 0.15) is 0 Å². The summed E-state index contributed by atoms with van der Waals surface area (Å²) in [6.45, 7) is 0. The largest absolute Gasteiger partial charge is 0.757 e. The van der Waals surface area contributed by atoms with E-state index in [0.717, 1.165) is 11.1 Å². The summed E-state index contributed by atoms with van der Waals surface area (Å²) in [6, 6.07) is 16.5. The van der Waals surface area contributed by atoms with Crippen molar-refractivity contribution >= 4 is 23.2 Å². The zero-order valence-electron chi connectivity index (χ0n) is 12.8. The van der Waals surface area contributed by atoms with E-state index in [-0.39, 0.29) is 5.70 Å². The lowest BCUT2D eigenvalue weighted by Gasteiger charge is -2.05. The number of rotatable bonds is 4. The number of anilines is 1. The second kappa shape index (κ2) is 7.13.